The lowest BCUT2D eigenvalue weighted by molar-refractivity contribution is 0.136. The van der Waals surface area contributed by atoms with Gasteiger partial charge in [0.05, 0.1) is 12.1 Å². The smallest absolute Gasteiger partial charge is 0.140 e. The molecule has 0 unspecified atom stereocenters. The zero-order chi connectivity index (χ0) is 23.6. The lowest BCUT2D eigenvalue weighted by Crippen LogP contribution is -2.47. The first-order valence-corrected chi connectivity index (χ1v) is 11.1. The van der Waals surface area contributed by atoms with Crippen LogP contribution in [0, 0.1) is 22.7 Å². The molecule has 0 saturated carbocycles. The number of piperazine rings is 2. The van der Waals surface area contributed by atoms with Crippen LogP contribution in [0.4, 0.5) is 0 Å². The van der Waals surface area contributed by atoms with Gasteiger partial charge in [0.15, 0.2) is 0 Å². The second-order valence-corrected chi connectivity index (χ2v) is 7.87. The van der Waals surface area contributed by atoms with Crippen molar-refractivity contribution in [2.75, 3.05) is 78.5 Å². The second kappa shape index (κ2) is 17.0. The summed E-state index contributed by atoms with van der Waals surface area (Å²) in [5.74, 6) is 0.536. The van der Waals surface area contributed by atoms with Gasteiger partial charge in [-0.3, -0.25) is 9.80 Å². The zero-order valence-electron chi connectivity index (χ0n) is 18.9. The van der Waals surface area contributed by atoms with E-state index in [-0.39, 0.29) is 11.7 Å². The van der Waals surface area contributed by atoms with E-state index in [1.54, 1.807) is 0 Å². The van der Waals surface area contributed by atoms with Gasteiger partial charge in [-0.05, 0) is 0 Å². The Balaban J connectivity index is 0.000000330. The van der Waals surface area contributed by atoms with E-state index < -0.39 is 0 Å². The van der Waals surface area contributed by atoms with Crippen molar-refractivity contribution in [3.05, 3.63) is 0 Å². The second-order valence-electron chi connectivity index (χ2n) is 7.87. The highest BCUT2D eigenvalue weighted by Crippen LogP contribution is 2.04. The molecule has 2 aliphatic heterocycles. The number of nitriles is 2. The van der Waals surface area contributed by atoms with Crippen molar-refractivity contribution < 1.29 is 10.4 Å². The molecule has 6 N–H and O–H groups in total. The van der Waals surface area contributed by atoms with Crippen molar-refractivity contribution in [2.24, 2.45) is 21.8 Å². The van der Waals surface area contributed by atoms with E-state index >= 15 is 0 Å². The first-order valence-electron chi connectivity index (χ1n) is 11.1. The summed E-state index contributed by atoms with van der Waals surface area (Å²) in [7, 11) is 0. The third-order valence-corrected chi connectivity index (χ3v) is 5.63. The Kier molecular flexibility index (Phi) is 14.5. The van der Waals surface area contributed by atoms with Gasteiger partial charge in [-0.25, -0.2) is 0 Å². The van der Waals surface area contributed by atoms with Crippen LogP contribution in [0.15, 0.2) is 10.3 Å². The quantitative estimate of drug-likeness (QED) is 0.144. The largest absolute Gasteiger partial charge is 0.409 e. The average molecular weight is 451 g/mol. The van der Waals surface area contributed by atoms with E-state index in [1.165, 1.54) is 0 Å². The minimum Gasteiger partial charge on any atom is -0.409 e. The summed E-state index contributed by atoms with van der Waals surface area (Å²) in [4.78, 5) is 9.17. The standard InChI is InChI=1S/C10H22N6O2.C10H16N4/c11-9(13-17)1-3-15-5-7-16(8-6-15)4-2-10(12)14-18;11-3-1-5-13-7-9-14(10-8-13)6-2-4-12/h17-18H,1-8H2,(H2,11,13)(H2,12,14);1-2,5-10H2. The molecule has 2 fully saturated rings. The molecule has 12 heteroatoms. The molecule has 2 rings (SSSR count). The summed E-state index contributed by atoms with van der Waals surface area (Å²) in [6.07, 6.45) is 2.41. The maximum atomic E-state index is 8.44. The highest BCUT2D eigenvalue weighted by Gasteiger charge is 2.17. The molecule has 2 heterocycles. The summed E-state index contributed by atoms with van der Waals surface area (Å²) in [6.45, 7) is 11.4. The lowest BCUT2D eigenvalue weighted by Gasteiger charge is -2.34. The fraction of sp³-hybridized carbons (Fsp3) is 0.800. The molecule has 0 spiro atoms. The molecule has 0 aliphatic carbocycles. The van der Waals surface area contributed by atoms with Crippen LogP contribution in [0.1, 0.15) is 25.7 Å². The first kappa shape index (κ1) is 27.4. The molecule has 180 valence electrons. The predicted octanol–water partition coefficient (Wildman–Crippen LogP) is -0.692. The van der Waals surface area contributed by atoms with Crippen LogP contribution < -0.4 is 11.5 Å². The predicted molar refractivity (Wildman–Crippen MR) is 122 cm³/mol. The van der Waals surface area contributed by atoms with Crippen LogP contribution in [0.3, 0.4) is 0 Å². The monoisotopic (exact) mass is 450 g/mol. The molecule has 32 heavy (non-hydrogen) atoms. The Morgan fingerprint density at radius 2 is 0.906 bits per heavy atom. The van der Waals surface area contributed by atoms with Crippen molar-refractivity contribution in [1.82, 2.24) is 19.6 Å². The Morgan fingerprint density at radius 1 is 0.625 bits per heavy atom. The van der Waals surface area contributed by atoms with Crippen molar-refractivity contribution >= 4 is 11.7 Å². The number of nitrogens with two attached hydrogens (primary N) is 2. The maximum absolute atomic E-state index is 8.44. The van der Waals surface area contributed by atoms with Gasteiger partial charge >= 0.3 is 0 Å². The van der Waals surface area contributed by atoms with Crippen molar-refractivity contribution in [3.63, 3.8) is 0 Å². The fourth-order valence-corrected chi connectivity index (χ4v) is 3.53. The number of nitrogens with zero attached hydrogens (tertiary/aromatic N) is 8. The molecule has 0 amide bonds. The van der Waals surface area contributed by atoms with Gasteiger partial charge in [-0.2, -0.15) is 10.5 Å². The highest BCUT2D eigenvalue weighted by atomic mass is 16.4. The van der Waals surface area contributed by atoms with E-state index in [2.05, 4.69) is 42.0 Å². The van der Waals surface area contributed by atoms with Crippen LogP contribution in [0.25, 0.3) is 0 Å². The van der Waals surface area contributed by atoms with E-state index in [0.29, 0.717) is 25.7 Å². The van der Waals surface area contributed by atoms with E-state index in [0.717, 1.165) is 78.5 Å². The first-order chi connectivity index (χ1) is 15.5. The molecule has 0 aromatic rings. The minimum absolute atomic E-state index is 0.268. The molecule has 0 radical (unpaired) electrons. The van der Waals surface area contributed by atoms with Crippen LogP contribution in [-0.2, 0) is 0 Å². The van der Waals surface area contributed by atoms with Crippen molar-refractivity contribution in [2.45, 2.75) is 25.7 Å². The van der Waals surface area contributed by atoms with Crippen LogP contribution in [0.2, 0.25) is 0 Å². The summed E-state index contributed by atoms with van der Waals surface area (Å²) >= 11 is 0. The van der Waals surface area contributed by atoms with E-state index in [9.17, 15) is 0 Å². The molecule has 12 nitrogen and oxygen atoms in total. The zero-order valence-corrected chi connectivity index (χ0v) is 18.9. The fourth-order valence-electron chi connectivity index (χ4n) is 3.53. The average Bonchev–Trinajstić information content (AvgIpc) is 2.84. The van der Waals surface area contributed by atoms with E-state index in [1.807, 2.05) is 0 Å². The number of rotatable bonds is 10. The number of amidine groups is 2. The van der Waals surface area contributed by atoms with Gasteiger partial charge in [-0.1, -0.05) is 10.3 Å². The van der Waals surface area contributed by atoms with Crippen molar-refractivity contribution in [1.29, 1.82) is 10.5 Å². The molecule has 0 atom stereocenters. The SMILES string of the molecule is N#CCCN1CCN(CCC#N)CC1.N/C(CCN1CCN(CC/C(N)=N\O)CC1)=N\O. The number of oxime groups is 2. The van der Waals surface area contributed by atoms with Gasteiger partial charge in [0.25, 0.3) is 0 Å². The normalized spacial score (nSPS) is 19.6. The molecule has 2 aliphatic rings. The van der Waals surface area contributed by atoms with Gasteiger partial charge in [0.2, 0.25) is 0 Å². The minimum atomic E-state index is 0.268. The molecule has 0 aromatic carbocycles. The molecule has 0 bridgehead atoms. The molecular weight excluding hydrogens is 412 g/mol. The summed E-state index contributed by atoms with van der Waals surface area (Å²) in [5.41, 5.74) is 10.9. The van der Waals surface area contributed by atoms with Crippen LogP contribution in [0.5, 0.6) is 0 Å². The number of hydrogen-bond donors (Lipinski definition) is 4. The van der Waals surface area contributed by atoms with Crippen molar-refractivity contribution in [3.8, 4) is 12.1 Å². The van der Waals surface area contributed by atoms with E-state index in [4.69, 9.17) is 32.4 Å². The summed E-state index contributed by atoms with van der Waals surface area (Å²) < 4.78 is 0. The Morgan fingerprint density at radius 3 is 1.16 bits per heavy atom. The van der Waals surface area contributed by atoms with Gasteiger partial charge < -0.3 is 31.7 Å². The highest BCUT2D eigenvalue weighted by molar-refractivity contribution is 5.80. The molecule has 2 saturated heterocycles. The Hall–Kier alpha value is -2.64. The van der Waals surface area contributed by atoms with Gasteiger partial charge in [0, 0.05) is 104 Å². The Labute approximate surface area is 190 Å². The maximum Gasteiger partial charge on any atom is 0.140 e. The lowest BCUT2D eigenvalue weighted by atomic mass is 10.2. The third-order valence-electron chi connectivity index (χ3n) is 5.63. The summed E-state index contributed by atoms with van der Waals surface area (Å²) in [5, 5.41) is 39.7. The molecule has 0 aromatic heterocycles. The number of hydrogen-bond acceptors (Lipinski definition) is 10. The topological polar surface area (TPSA) is 178 Å². The van der Waals surface area contributed by atoms with Gasteiger partial charge in [-0.15, -0.1) is 0 Å². The summed E-state index contributed by atoms with van der Waals surface area (Å²) in [6, 6.07) is 4.32. The van der Waals surface area contributed by atoms with Crippen LogP contribution >= 0.6 is 0 Å². The van der Waals surface area contributed by atoms with Gasteiger partial charge in [0.1, 0.15) is 11.7 Å². The molecular formula is C20H38N10O2. The Bertz CT molecular complexity index is 586. The van der Waals surface area contributed by atoms with Crippen LogP contribution in [-0.4, -0.2) is 120 Å². The third kappa shape index (κ3) is 12.3.